The first kappa shape index (κ1) is 38.5. The highest BCUT2D eigenvalue weighted by atomic mass is 15.3. The number of hydrogen-bond acceptors (Lipinski definition) is 3. The molecular formula is C63H39N7. The van der Waals surface area contributed by atoms with Gasteiger partial charge in [0.25, 0.3) is 0 Å². The quantitative estimate of drug-likeness (QED) is 0.167. The number of aromatic nitrogens is 7. The Kier molecular flexibility index (Phi) is 8.23. The van der Waals surface area contributed by atoms with Crippen molar-refractivity contribution >= 4 is 87.2 Å². The fourth-order valence-corrected chi connectivity index (χ4v) is 11.1. The molecule has 0 atom stereocenters. The maximum atomic E-state index is 5.61. The summed E-state index contributed by atoms with van der Waals surface area (Å²) >= 11 is 0. The maximum absolute atomic E-state index is 5.61. The molecule has 15 rings (SSSR count). The van der Waals surface area contributed by atoms with Crippen molar-refractivity contribution in [1.82, 2.24) is 33.2 Å². The molecule has 0 radical (unpaired) electrons. The van der Waals surface area contributed by atoms with E-state index in [1.54, 1.807) is 0 Å². The molecule has 70 heavy (non-hydrogen) atoms. The molecule has 0 amide bonds. The molecule has 0 saturated carbocycles. The van der Waals surface area contributed by atoms with Gasteiger partial charge in [0.2, 0.25) is 11.9 Å². The number of benzene rings is 10. The molecule has 7 heteroatoms. The van der Waals surface area contributed by atoms with Gasteiger partial charge in [0.15, 0.2) is 5.82 Å². The van der Waals surface area contributed by atoms with Crippen molar-refractivity contribution in [2.24, 2.45) is 0 Å². The summed E-state index contributed by atoms with van der Waals surface area (Å²) in [5, 5.41) is 9.29. The molecule has 0 aliphatic rings. The Morgan fingerprint density at radius 2 is 0.529 bits per heavy atom. The predicted molar refractivity (Wildman–Crippen MR) is 288 cm³/mol. The van der Waals surface area contributed by atoms with Crippen LogP contribution in [0, 0.1) is 0 Å². The van der Waals surface area contributed by atoms with E-state index in [9.17, 15) is 0 Å². The van der Waals surface area contributed by atoms with Crippen molar-refractivity contribution in [2.45, 2.75) is 0 Å². The average Bonchev–Trinajstić information content (AvgIpc) is 4.14. The van der Waals surface area contributed by atoms with Crippen LogP contribution in [0.25, 0.3) is 133 Å². The van der Waals surface area contributed by atoms with Gasteiger partial charge in [-0.25, -0.2) is 0 Å². The van der Waals surface area contributed by atoms with Gasteiger partial charge in [-0.05, 0) is 83.9 Å². The molecule has 0 spiro atoms. The molecule has 7 nitrogen and oxygen atoms in total. The highest BCUT2D eigenvalue weighted by Gasteiger charge is 2.24. The van der Waals surface area contributed by atoms with E-state index in [-0.39, 0.29) is 0 Å². The molecule has 0 N–H and O–H groups in total. The van der Waals surface area contributed by atoms with Crippen LogP contribution >= 0.6 is 0 Å². The van der Waals surface area contributed by atoms with Gasteiger partial charge < -0.3 is 9.13 Å². The molecule has 0 aliphatic carbocycles. The topological polar surface area (TPSA) is 58.4 Å². The minimum atomic E-state index is 0.533. The highest BCUT2D eigenvalue weighted by Crippen LogP contribution is 2.42. The number of nitrogens with zero attached hydrogens (tertiary/aromatic N) is 7. The Hall–Kier alpha value is -9.59. The summed E-state index contributed by atoms with van der Waals surface area (Å²) in [5.74, 6) is 1.64. The minimum absolute atomic E-state index is 0.533. The second-order valence-corrected chi connectivity index (χ2v) is 18.1. The molecule has 5 aromatic heterocycles. The summed E-state index contributed by atoms with van der Waals surface area (Å²) < 4.78 is 9.23. The maximum Gasteiger partial charge on any atom is 0.240 e. The zero-order valence-electron chi connectivity index (χ0n) is 37.6. The number of para-hydroxylation sites is 6. The van der Waals surface area contributed by atoms with Crippen molar-refractivity contribution < 1.29 is 0 Å². The Morgan fingerprint density at radius 1 is 0.214 bits per heavy atom. The van der Waals surface area contributed by atoms with Gasteiger partial charge in [-0.2, -0.15) is 15.0 Å². The Morgan fingerprint density at radius 3 is 0.943 bits per heavy atom. The summed E-state index contributed by atoms with van der Waals surface area (Å²) in [6, 6.07) is 84.3. The average molecular weight is 894 g/mol. The lowest BCUT2D eigenvalue weighted by Crippen LogP contribution is -2.10. The van der Waals surface area contributed by atoms with Crippen molar-refractivity contribution in [1.29, 1.82) is 0 Å². The van der Waals surface area contributed by atoms with E-state index in [1.165, 1.54) is 21.5 Å². The molecule has 10 aromatic carbocycles. The van der Waals surface area contributed by atoms with Crippen LogP contribution in [-0.2, 0) is 0 Å². The third kappa shape index (κ3) is 5.66. The van der Waals surface area contributed by atoms with Crippen LogP contribution < -0.4 is 0 Å². The number of hydrogen-bond donors (Lipinski definition) is 0. The summed E-state index contributed by atoms with van der Waals surface area (Å²) in [5.41, 5.74) is 13.9. The Balaban J connectivity index is 1.05. The largest absolute Gasteiger partial charge is 0.309 e. The van der Waals surface area contributed by atoms with Crippen LogP contribution in [0.1, 0.15) is 0 Å². The number of rotatable bonds is 6. The number of fused-ring (bicyclic) bond motifs is 12. The minimum Gasteiger partial charge on any atom is -0.309 e. The van der Waals surface area contributed by atoms with Crippen LogP contribution in [-0.4, -0.2) is 33.2 Å². The van der Waals surface area contributed by atoms with Crippen LogP contribution in [0.3, 0.4) is 0 Å². The van der Waals surface area contributed by atoms with Gasteiger partial charge in [0.1, 0.15) is 0 Å². The van der Waals surface area contributed by atoms with Crippen LogP contribution in [0.2, 0.25) is 0 Å². The lowest BCUT2D eigenvalue weighted by molar-refractivity contribution is 0.893. The van der Waals surface area contributed by atoms with E-state index < -0.39 is 0 Å². The Bertz CT molecular complexity index is 4310. The van der Waals surface area contributed by atoms with Crippen molar-refractivity contribution in [3.8, 4) is 45.8 Å². The van der Waals surface area contributed by atoms with Gasteiger partial charge >= 0.3 is 0 Å². The Labute approximate surface area is 401 Å². The fourth-order valence-electron chi connectivity index (χ4n) is 11.1. The van der Waals surface area contributed by atoms with Gasteiger partial charge in [-0.15, -0.1) is 0 Å². The molecule has 0 saturated heterocycles. The molecule has 326 valence electrons. The predicted octanol–water partition coefficient (Wildman–Crippen LogP) is 15.6. The van der Waals surface area contributed by atoms with Gasteiger partial charge in [0, 0.05) is 60.0 Å². The smallest absolute Gasteiger partial charge is 0.240 e. The molecule has 0 aliphatic heterocycles. The second-order valence-electron chi connectivity index (χ2n) is 18.1. The SMILES string of the molecule is c1ccc(-c2ccc(-c3nc(-n4c5ccccc5c5cc6c7ccccc7n(-c7ccccc7)c6cc54)nc(-n4c5ccccc5c5cc6c7ccccc7n(-c7ccccc7)c6cc54)n3)cc2)cc1. The first-order chi connectivity index (χ1) is 34.7. The summed E-state index contributed by atoms with van der Waals surface area (Å²) in [7, 11) is 0. The van der Waals surface area contributed by atoms with E-state index >= 15 is 0 Å². The lowest BCUT2D eigenvalue weighted by atomic mass is 10.0. The van der Waals surface area contributed by atoms with Gasteiger partial charge in [-0.3, -0.25) is 9.13 Å². The van der Waals surface area contributed by atoms with Gasteiger partial charge in [0.05, 0.1) is 44.1 Å². The van der Waals surface area contributed by atoms with Crippen LogP contribution in [0.5, 0.6) is 0 Å². The van der Waals surface area contributed by atoms with E-state index in [0.717, 1.165) is 93.7 Å². The summed E-state index contributed by atoms with van der Waals surface area (Å²) in [6.07, 6.45) is 0. The molecule has 15 aromatic rings. The summed E-state index contributed by atoms with van der Waals surface area (Å²) in [4.78, 5) is 16.5. The third-order valence-corrected chi connectivity index (χ3v) is 14.2. The molecule has 0 unspecified atom stereocenters. The van der Waals surface area contributed by atoms with Crippen molar-refractivity contribution in [2.75, 3.05) is 0 Å². The van der Waals surface area contributed by atoms with E-state index in [2.05, 4.69) is 249 Å². The van der Waals surface area contributed by atoms with Crippen molar-refractivity contribution in [3.63, 3.8) is 0 Å². The molecule has 0 bridgehead atoms. The zero-order chi connectivity index (χ0) is 45.9. The third-order valence-electron chi connectivity index (χ3n) is 14.2. The van der Waals surface area contributed by atoms with E-state index in [4.69, 9.17) is 15.0 Å². The van der Waals surface area contributed by atoms with Gasteiger partial charge in [-0.1, -0.05) is 164 Å². The molecule has 0 fully saturated rings. The van der Waals surface area contributed by atoms with Crippen LogP contribution in [0.4, 0.5) is 0 Å². The van der Waals surface area contributed by atoms with Crippen molar-refractivity contribution in [3.05, 3.63) is 237 Å². The second kappa shape index (κ2) is 15.0. The van der Waals surface area contributed by atoms with Crippen LogP contribution in [0.15, 0.2) is 237 Å². The van der Waals surface area contributed by atoms with E-state index in [0.29, 0.717) is 17.7 Å². The first-order valence-electron chi connectivity index (χ1n) is 23.7. The molecular weight excluding hydrogens is 855 g/mol. The highest BCUT2D eigenvalue weighted by molar-refractivity contribution is 6.20. The zero-order valence-corrected chi connectivity index (χ0v) is 37.6. The first-order valence-corrected chi connectivity index (χ1v) is 23.7. The van der Waals surface area contributed by atoms with E-state index in [1.807, 2.05) is 6.07 Å². The fraction of sp³-hybridized carbons (Fsp3) is 0. The standard InChI is InChI=1S/C63H39N7/c1-4-18-40(19-5-1)41-32-34-42(35-33-41)61-64-62(69-55-30-16-12-26-47(55)51-36-49-45-24-10-14-28-53(45)67(57(49)38-59(51)69)43-20-6-2-7-21-43)66-63(65-61)70-56-31-17-13-27-48(56)52-37-50-46-25-11-15-29-54(46)68(58(50)39-60(52)70)44-22-8-3-9-23-44/h1-39H. The molecule has 5 heterocycles. The lowest BCUT2D eigenvalue weighted by Gasteiger charge is -2.13. The summed E-state index contributed by atoms with van der Waals surface area (Å²) in [6.45, 7) is 0. The monoisotopic (exact) mass is 893 g/mol. The normalized spacial score (nSPS) is 12.0.